The van der Waals surface area contributed by atoms with Gasteiger partial charge in [-0.25, -0.2) is 4.98 Å². The highest BCUT2D eigenvalue weighted by Crippen LogP contribution is 2.32. The number of aromatic amines is 1. The molecule has 0 saturated carbocycles. The number of nitrogens with one attached hydrogen (secondary N) is 2. The highest BCUT2D eigenvalue weighted by atomic mass is 15.2. The second-order valence-corrected chi connectivity index (χ2v) is 6.15. The van der Waals surface area contributed by atoms with Crippen LogP contribution in [0.25, 0.3) is 11.4 Å². The molecule has 2 atom stereocenters. The van der Waals surface area contributed by atoms with E-state index in [0.717, 1.165) is 41.6 Å². The van der Waals surface area contributed by atoms with E-state index in [0.29, 0.717) is 0 Å². The topological polar surface area (TPSA) is 53.6 Å². The Morgan fingerprint density at radius 3 is 2.55 bits per heavy atom. The van der Waals surface area contributed by atoms with E-state index in [1.807, 2.05) is 18.2 Å². The van der Waals surface area contributed by atoms with Gasteiger partial charge in [0.25, 0.3) is 0 Å². The van der Waals surface area contributed by atoms with Crippen molar-refractivity contribution >= 4 is 0 Å². The maximum absolute atomic E-state index is 4.66. The van der Waals surface area contributed by atoms with Gasteiger partial charge in [-0.2, -0.15) is 5.10 Å². The van der Waals surface area contributed by atoms with Crippen molar-refractivity contribution in [2.45, 2.75) is 44.2 Å². The lowest BCUT2D eigenvalue weighted by Crippen LogP contribution is -2.38. The summed E-state index contributed by atoms with van der Waals surface area (Å²) in [4.78, 5) is 4.66. The van der Waals surface area contributed by atoms with Gasteiger partial charge >= 0.3 is 0 Å². The predicted octanol–water partition coefficient (Wildman–Crippen LogP) is 2.54. The summed E-state index contributed by atoms with van der Waals surface area (Å²) in [6, 6.07) is 11.7. The van der Waals surface area contributed by atoms with Crippen molar-refractivity contribution in [3.05, 3.63) is 36.2 Å². The maximum atomic E-state index is 4.66. The van der Waals surface area contributed by atoms with Crippen LogP contribution in [0.4, 0.5) is 0 Å². The Hall–Kier alpha value is -1.68. The number of hydrogen-bond acceptors (Lipinski definition) is 3. The normalized spacial score (nSPS) is 28.7. The van der Waals surface area contributed by atoms with E-state index in [2.05, 4.69) is 32.6 Å². The molecule has 4 nitrogen and oxygen atoms in total. The Balaban J connectivity index is 1.46. The van der Waals surface area contributed by atoms with Crippen molar-refractivity contribution in [2.75, 3.05) is 0 Å². The Morgan fingerprint density at radius 2 is 1.80 bits per heavy atom. The molecule has 1 aromatic heterocycles. The third-order valence-corrected chi connectivity index (χ3v) is 4.62. The van der Waals surface area contributed by atoms with Crippen molar-refractivity contribution in [3.8, 4) is 11.4 Å². The maximum Gasteiger partial charge on any atom is 0.181 e. The summed E-state index contributed by atoms with van der Waals surface area (Å²) in [6.45, 7) is 0. The van der Waals surface area contributed by atoms with Gasteiger partial charge in [-0.15, -0.1) is 0 Å². The number of benzene rings is 1. The highest BCUT2D eigenvalue weighted by Gasteiger charge is 2.33. The molecule has 2 N–H and O–H groups in total. The van der Waals surface area contributed by atoms with Gasteiger partial charge in [0.1, 0.15) is 5.82 Å². The fourth-order valence-corrected chi connectivity index (χ4v) is 3.72. The van der Waals surface area contributed by atoms with Crippen LogP contribution in [0.1, 0.15) is 31.5 Å². The molecule has 3 heterocycles. The number of H-pyrrole nitrogens is 1. The molecule has 104 valence electrons. The van der Waals surface area contributed by atoms with Crippen molar-refractivity contribution < 1.29 is 0 Å². The van der Waals surface area contributed by atoms with Gasteiger partial charge in [-0.1, -0.05) is 30.3 Å². The van der Waals surface area contributed by atoms with Crippen LogP contribution in [0.3, 0.4) is 0 Å². The van der Waals surface area contributed by atoms with Gasteiger partial charge in [-0.3, -0.25) is 5.10 Å². The Kier molecular flexibility index (Phi) is 3.03. The van der Waals surface area contributed by atoms with Crippen molar-refractivity contribution in [3.63, 3.8) is 0 Å². The molecule has 2 aliphatic rings. The van der Waals surface area contributed by atoms with E-state index in [1.165, 1.54) is 25.7 Å². The van der Waals surface area contributed by atoms with Crippen molar-refractivity contribution in [1.82, 2.24) is 20.5 Å². The zero-order chi connectivity index (χ0) is 13.4. The van der Waals surface area contributed by atoms with Crippen LogP contribution in [0.5, 0.6) is 0 Å². The molecule has 2 saturated heterocycles. The van der Waals surface area contributed by atoms with E-state index >= 15 is 0 Å². The predicted molar refractivity (Wildman–Crippen MR) is 78.2 cm³/mol. The smallest absolute Gasteiger partial charge is 0.181 e. The molecule has 2 aliphatic heterocycles. The monoisotopic (exact) mass is 268 g/mol. The number of rotatable bonds is 3. The third-order valence-electron chi connectivity index (χ3n) is 4.62. The van der Waals surface area contributed by atoms with E-state index in [9.17, 15) is 0 Å². The van der Waals surface area contributed by atoms with E-state index in [1.54, 1.807) is 0 Å². The summed E-state index contributed by atoms with van der Waals surface area (Å²) in [6.07, 6.45) is 6.32. The molecule has 2 bridgehead atoms. The first-order valence-electron chi connectivity index (χ1n) is 7.59. The lowest BCUT2D eigenvalue weighted by Gasteiger charge is -2.28. The van der Waals surface area contributed by atoms with Crippen LogP contribution in [-0.2, 0) is 6.42 Å². The van der Waals surface area contributed by atoms with Crippen LogP contribution in [0, 0.1) is 5.92 Å². The number of nitrogens with zero attached hydrogens (tertiary/aromatic N) is 2. The summed E-state index contributed by atoms with van der Waals surface area (Å²) in [7, 11) is 0. The van der Waals surface area contributed by atoms with E-state index < -0.39 is 0 Å². The molecule has 20 heavy (non-hydrogen) atoms. The fraction of sp³-hybridized carbons (Fsp3) is 0.500. The number of aromatic nitrogens is 3. The zero-order valence-corrected chi connectivity index (χ0v) is 11.5. The van der Waals surface area contributed by atoms with E-state index in [4.69, 9.17) is 0 Å². The first-order chi connectivity index (χ1) is 9.87. The summed E-state index contributed by atoms with van der Waals surface area (Å²) < 4.78 is 0. The van der Waals surface area contributed by atoms with Crippen LogP contribution in [-0.4, -0.2) is 27.3 Å². The SMILES string of the molecule is c1ccc(-c2n[nH]c(CC3CC4CCC(C3)N4)n2)cc1. The Morgan fingerprint density at radius 1 is 1.05 bits per heavy atom. The number of fused-ring (bicyclic) bond motifs is 2. The molecular weight excluding hydrogens is 248 g/mol. The summed E-state index contributed by atoms with van der Waals surface area (Å²) in [5.41, 5.74) is 1.08. The zero-order valence-electron chi connectivity index (χ0n) is 11.5. The quantitative estimate of drug-likeness (QED) is 0.899. The van der Waals surface area contributed by atoms with Crippen molar-refractivity contribution in [1.29, 1.82) is 0 Å². The minimum absolute atomic E-state index is 0.746. The van der Waals surface area contributed by atoms with Gasteiger partial charge in [0.05, 0.1) is 0 Å². The second-order valence-electron chi connectivity index (χ2n) is 6.15. The molecule has 0 radical (unpaired) electrons. The Bertz CT molecular complexity index is 565. The molecule has 2 aromatic rings. The second kappa shape index (κ2) is 5.02. The van der Waals surface area contributed by atoms with Gasteiger partial charge < -0.3 is 5.32 Å². The molecule has 0 spiro atoms. The minimum Gasteiger partial charge on any atom is -0.311 e. The average Bonchev–Trinajstić information content (AvgIpc) is 3.07. The largest absolute Gasteiger partial charge is 0.311 e. The fourth-order valence-electron chi connectivity index (χ4n) is 3.72. The van der Waals surface area contributed by atoms with Gasteiger partial charge in [-0.05, 0) is 31.6 Å². The molecular formula is C16H20N4. The van der Waals surface area contributed by atoms with E-state index in [-0.39, 0.29) is 0 Å². The first-order valence-corrected chi connectivity index (χ1v) is 7.59. The summed E-state index contributed by atoms with van der Waals surface area (Å²) >= 11 is 0. The molecule has 4 heteroatoms. The molecule has 4 rings (SSSR count). The van der Waals surface area contributed by atoms with Crippen LogP contribution < -0.4 is 5.32 Å². The molecule has 1 aromatic carbocycles. The Labute approximate surface area is 119 Å². The first kappa shape index (κ1) is 12.1. The van der Waals surface area contributed by atoms with Gasteiger partial charge in [0.2, 0.25) is 0 Å². The van der Waals surface area contributed by atoms with Gasteiger partial charge in [0, 0.05) is 24.1 Å². The number of hydrogen-bond donors (Lipinski definition) is 2. The standard InChI is InChI=1S/C16H20N4/c1-2-4-12(5-3-1)16-18-15(19-20-16)10-11-8-13-6-7-14(9-11)17-13/h1-5,11,13-14,17H,6-10H2,(H,18,19,20). The number of piperidine rings is 1. The molecule has 0 amide bonds. The molecule has 2 fully saturated rings. The summed E-state index contributed by atoms with van der Waals surface area (Å²) in [5, 5.41) is 11.2. The lowest BCUT2D eigenvalue weighted by molar-refractivity contribution is 0.295. The molecule has 2 unspecified atom stereocenters. The average molecular weight is 268 g/mol. The van der Waals surface area contributed by atoms with Crippen LogP contribution >= 0.6 is 0 Å². The lowest BCUT2D eigenvalue weighted by atomic mass is 9.89. The summed E-state index contributed by atoms with van der Waals surface area (Å²) in [5.74, 6) is 2.61. The van der Waals surface area contributed by atoms with Crippen molar-refractivity contribution in [2.24, 2.45) is 5.92 Å². The van der Waals surface area contributed by atoms with Crippen LogP contribution in [0.15, 0.2) is 30.3 Å². The molecule has 0 aliphatic carbocycles. The minimum atomic E-state index is 0.746. The van der Waals surface area contributed by atoms with Crippen LogP contribution in [0.2, 0.25) is 0 Å². The third kappa shape index (κ3) is 2.36. The van der Waals surface area contributed by atoms with Gasteiger partial charge in [0.15, 0.2) is 5.82 Å². The highest BCUT2D eigenvalue weighted by molar-refractivity contribution is 5.53.